The average Bonchev–Trinajstić information content (AvgIpc) is 2.49. The fourth-order valence-electron chi connectivity index (χ4n) is 2.20. The number of carbonyl (C=O) groups excluding carboxylic acids is 2. The minimum Gasteiger partial charge on any atom is -0.461 e. The van der Waals surface area contributed by atoms with Gasteiger partial charge < -0.3 is 15.4 Å². The molecule has 1 aromatic carbocycles. The van der Waals surface area contributed by atoms with Crippen molar-refractivity contribution in [1.29, 1.82) is 0 Å². The van der Waals surface area contributed by atoms with Crippen LogP contribution in [0.25, 0.3) is 0 Å². The molecule has 0 aliphatic carbocycles. The van der Waals surface area contributed by atoms with E-state index in [1.165, 1.54) is 0 Å². The van der Waals surface area contributed by atoms with Gasteiger partial charge in [-0.3, -0.25) is 0 Å². The molecule has 5 nitrogen and oxygen atoms in total. The third-order valence-electron chi connectivity index (χ3n) is 3.29. The van der Waals surface area contributed by atoms with Crippen molar-refractivity contribution in [1.82, 2.24) is 10.6 Å². The number of halogens is 2. The van der Waals surface area contributed by atoms with Gasteiger partial charge >= 0.3 is 12.0 Å². The van der Waals surface area contributed by atoms with Gasteiger partial charge in [-0.1, -0.05) is 29.3 Å². The van der Waals surface area contributed by atoms with E-state index in [-0.39, 0.29) is 6.03 Å². The summed E-state index contributed by atoms with van der Waals surface area (Å²) in [6.07, 6.45) is 1.93. The molecule has 1 heterocycles. The van der Waals surface area contributed by atoms with Crippen LogP contribution in [0.4, 0.5) is 4.79 Å². The van der Waals surface area contributed by atoms with Crippen LogP contribution in [0.2, 0.25) is 10.0 Å². The van der Waals surface area contributed by atoms with Crippen LogP contribution in [0, 0.1) is 0 Å². The Morgan fingerprint density at radius 1 is 1.35 bits per heavy atom. The van der Waals surface area contributed by atoms with Crippen LogP contribution < -0.4 is 10.6 Å². The van der Waals surface area contributed by atoms with Crippen molar-refractivity contribution in [2.45, 2.75) is 13.0 Å². The van der Waals surface area contributed by atoms with Crippen molar-refractivity contribution in [2.24, 2.45) is 0 Å². The van der Waals surface area contributed by atoms with Gasteiger partial charge in [0.2, 0.25) is 0 Å². The van der Waals surface area contributed by atoms with E-state index in [4.69, 9.17) is 27.9 Å². The first kappa shape index (κ1) is 18.0. The van der Waals surface area contributed by atoms with Crippen molar-refractivity contribution in [3.63, 3.8) is 0 Å². The van der Waals surface area contributed by atoms with Crippen LogP contribution in [0.15, 0.2) is 29.5 Å². The Kier molecular flexibility index (Phi) is 6.21. The molecule has 124 valence electrons. The number of ether oxygens (including phenoxy) is 1. The van der Waals surface area contributed by atoms with Gasteiger partial charge in [-0.25, -0.2) is 9.59 Å². The Balaban J connectivity index is 2.33. The Morgan fingerprint density at radius 3 is 2.74 bits per heavy atom. The van der Waals surface area contributed by atoms with Gasteiger partial charge in [0.15, 0.2) is 0 Å². The molecule has 0 unspecified atom stereocenters. The van der Waals surface area contributed by atoms with Crippen LogP contribution in [0.1, 0.15) is 18.5 Å². The fourth-order valence-corrected chi connectivity index (χ4v) is 2.76. The molecule has 0 aromatic heterocycles. The molecule has 0 saturated carbocycles. The van der Waals surface area contributed by atoms with Crippen molar-refractivity contribution in [3.8, 4) is 0 Å². The molecule has 0 fully saturated rings. The molecule has 0 radical (unpaired) electrons. The summed E-state index contributed by atoms with van der Waals surface area (Å²) in [4.78, 5) is 24.2. The second-order valence-corrected chi connectivity index (χ2v) is 6.67. The maximum Gasteiger partial charge on any atom is 0.338 e. The second-order valence-electron chi connectivity index (χ2n) is 4.87. The maximum atomic E-state index is 12.4. The van der Waals surface area contributed by atoms with Gasteiger partial charge in [-0.15, -0.1) is 0 Å². The summed E-state index contributed by atoms with van der Waals surface area (Å²) >= 11 is 13.5. The number of allylic oxidation sites excluding steroid dienone is 1. The Labute approximate surface area is 148 Å². The molecular weight excluding hydrogens is 359 g/mol. The first-order chi connectivity index (χ1) is 10.9. The zero-order valence-corrected chi connectivity index (χ0v) is 14.9. The molecule has 0 saturated heterocycles. The number of nitrogens with one attached hydrogen (secondary N) is 2. The standard InChI is InChI=1S/C15H16Cl2N2O3S/c1-8-12(14(20)22-5-6-23-2)13(19-15(21)18-8)9-3-4-10(16)11(17)7-9/h3-4,7,13H,5-6H2,1-2H3,(H2,18,19,21)/t13-/m0/s1. The lowest BCUT2D eigenvalue weighted by molar-refractivity contribution is -0.138. The van der Waals surface area contributed by atoms with Gasteiger partial charge in [0, 0.05) is 11.4 Å². The molecular formula is C15H16Cl2N2O3S. The molecule has 2 amide bonds. The smallest absolute Gasteiger partial charge is 0.338 e. The summed E-state index contributed by atoms with van der Waals surface area (Å²) in [5.74, 6) is 0.232. The highest BCUT2D eigenvalue weighted by Crippen LogP contribution is 2.31. The lowest BCUT2D eigenvalue weighted by Crippen LogP contribution is -2.45. The van der Waals surface area contributed by atoms with Gasteiger partial charge in [-0.2, -0.15) is 11.8 Å². The van der Waals surface area contributed by atoms with Gasteiger partial charge in [0.05, 0.1) is 21.7 Å². The van der Waals surface area contributed by atoms with E-state index >= 15 is 0 Å². The monoisotopic (exact) mass is 374 g/mol. The Hall–Kier alpha value is -1.37. The van der Waals surface area contributed by atoms with Crippen LogP contribution >= 0.6 is 35.0 Å². The van der Waals surface area contributed by atoms with Crippen LogP contribution in [0.5, 0.6) is 0 Å². The van der Waals surface area contributed by atoms with Gasteiger partial charge in [0.1, 0.15) is 6.61 Å². The third kappa shape index (κ3) is 4.34. The summed E-state index contributed by atoms with van der Waals surface area (Å²) in [6, 6.07) is 3.94. The van der Waals surface area contributed by atoms with E-state index in [9.17, 15) is 9.59 Å². The number of esters is 1. The highest BCUT2D eigenvalue weighted by molar-refractivity contribution is 7.98. The highest BCUT2D eigenvalue weighted by Gasteiger charge is 2.32. The summed E-state index contributed by atoms with van der Waals surface area (Å²) in [6.45, 7) is 1.97. The molecule has 0 spiro atoms. The first-order valence-electron chi connectivity index (χ1n) is 6.83. The molecule has 1 aromatic rings. The number of benzene rings is 1. The number of amides is 2. The Morgan fingerprint density at radius 2 is 2.09 bits per heavy atom. The van der Waals surface area contributed by atoms with Crippen LogP contribution in [-0.2, 0) is 9.53 Å². The zero-order valence-electron chi connectivity index (χ0n) is 12.6. The summed E-state index contributed by atoms with van der Waals surface area (Å²) < 4.78 is 5.27. The summed E-state index contributed by atoms with van der Waals surface area (Å²) in [5, 5.41) is 6.06. The topological polar surface area (TPSA) is 67.4 Å². The molecule has 8 heteroatoms. The molecule has 2 N–H and O–H groups in total. The Bertz CT molecular complexity index is 664. The molecule has 0 bridgehead atoms. The normalized spacial score (nSPS) is 17.6. The van der Waals surface area contributed by atoms with Crippen LogP contribution in [-0.4, -0.2) is 30.6 Å². The summed E-state index contributed by atoms with van der Waals surface area (Å²) in [5.41, 5.74) is 1.47. The van der Waals surface area contributed by atoms with Crippen molar-refractivity contribution in [3.05, 3.63) is 45.1 Å². The number of thioether (sulfide) groups is 1. The van der Waals surface area contributed by atoms with Crippen molar-refractivity contribution < 1.29 is 14.3 Å². The SMILES string of the molecule is CSCCOC(=O)C1=C(C)NC(=O)N[C@H]1c1ccc(Cl)c(Cl)c1. The minimum atomic E-state index is -0.639. The third-order valence-corrected chi connectivity index (χ3v) is 4.60. The van der Waals surface area contributed by atoms with E-state index in [1.54, 1.807) is 36.9 Å². The molecule has 1 aliphatic heterocycles. The fraction of sp³-hybridized carbons (Fsp3) is 0.333. The average molecular weight is 375 g/mol. The number of hydrogen-bond donors (Lipinski definition) is 2. The second kappa shape index (κ2) is 7.95. The van der Waals surface area contributed by atoms with E-state index in [0.29, 0.717) is 39.2 Å². The van der Waals surface area contributed by atoms with E-state index in [1.807, 2.05) is 6.26 Å². The number of hydrogen-bond acceptors (Lipinski definition) is 4. The molecule has 1 aliphatic rings. The lowest BCUT2D eigenvalue weighted by Gasteiger charge is -2.28. The van der Waals surface area contributed by atoms with Crippen LogP contribution in [0.3, 0.4) is 0 Å². The zero-order chi connectivity index (χ0) is 17.0. The summed E-state index contributed by atoms with van der Waals surface area (Å²) in [7, 11) is 0. The van der Waals surface area contributed by atoms with E-state index in [0.717, 1.165) is 0 Å². The van der Waals surface area contributed by atoms with E-state index < -0.39 is 12.0 Å². The molecule has 23 heavy (non-hydrogen) atoms. The lowest BCUT2D eigenvalue weighted by atomic mass is 9.95. The number of carbonyl (C=O) groups is 2. The quantitative estimate of drug-likeness (QED) is 0.610. The number of rotatable bonds is 5. The minimum absolute atomic E-state index is 0.304. The largest absolute Gasteiger partial charge is 0.461 e. The highest BCUT2D eigenvalue weighted by atomic mass is 35.5. The van der Waals surface area contributed by atoms with Gasteiger partial charge in [0.25, 0.3) is 0 Å². The number of urea groups is 1. The predicted octanol–water partition coefficient (Wildman–Crippen LogP) is 3.53. The van der Waals surface area contributed by atoms with Gasteiger partial charge in [-0.05, 0) is 30.9 Å². The predicted molar refractivity (Wildman–Crippen MR) is 92.9 cm³/mol. The molecule has 2 rings (SSSR count). The van der Waals surface area contributed by atoms with Crippen molar-refractivity contribution in [2.75, 3.05) is 18.6 Å². The van der Waals surface area contributed by atoms with Crippen molar-refractivity contribution >= 4 is 47.0 Å². The van der Waals surface area contributed by atoms with E-state index in [2.05, 4.69) is 10.6 Å². The molecule has 1 atom stereocenters. The maximum absolute atomic E-state index is 12.4. The first-order valence-corrected chi connectivity index (χ1v) is 8.98.